The van der Waals surface area contributed by atoms with E-state index in [1.165, 1.54) is 46.8 Å². The number of carbonyl (C=O) groups excluding carboxylic acids is 1. The zero-order valence-electron chi connectivity index (χ0n) is 16.3. The van der Waals surface area contributed by atoms with Gasteiger partial charge in [0.05, 0.1) is 9.82 Å². The number of benzene rings is 2. The number of carbonyl (C=O) groups is 1. The summed E-state index contributed by atoms with van der Waals surface area (Å²) in [6, 6.07) is 10.0. The number of piperidine rings is 1. The average molecular weight is 417 g/mol. The molecule has 0 radical (unpaired) electrons. The lowest BCUT2D eigenvalue weighted by atomic mass is 10.0. The SMILES string of the molecule is Cc1ccc([N+](=O)[O-])cc1C(=O)Nc1ccc(S(=O)(=O)N2CCCC(C)C2)cc1. The summed E-state index contributed by atoms with van der Waals surface area (Å²) >= 11 is 0. The Balaban J connectivity index is 1.76. The molecule has 29 heavy (non-hydrogen) atoms. The first kappa shape index (κ1) is 20.9. The number of non-ortho nitro benzene ring substituents is 1. The maximum Gasteiger partial charge on any atom is 0.270 e. The van der Waals surface area contributed by atoms with E-state index in [9.17, 15) is 23.3 Å². The van der Waals surface area contributed by atoms with Crippen molar-refractivity contribution in [3.05, 3.63) is 63.7 Å². The third-order valence-electron chi connectivity index (χ3n) is 5.05. The van der Waals surface area contributed by atoms with Crippen molar-refractivity contribution in [2.45, 2.75) is 31.6 Å². The summed E-state index contributed by atoms with van der Waals surface area (Å²) in [7, 11) is -3.57. The van der Waals surface area contributed by atoms with E-state index in [-0.39, 0.29) is 16.1 Å². The van der Waals surface area contributed by atoms with E-state index in [0.29, 0.717) is 30.3 Å². The van der Waals surface area contributed by atoms with E-state index in [4.69, 9.17) is 0 Å². The number of aryl methyl sites for hydroxylation is 1. The summed E-state index contributed by atoms with van der Waals surface area (Å²) in [6.45, 7) is 4.74. The summed E-state index contributed by atoms with van der Waals surface area (Å²) in [4.78, 5) is 23.1. The van der Waals surface area contributed by atoms with Crippen LogP contribution >= 0.6 is 0 Å². The van der Waals surface area contributed by atoms with E-state index in [0.717, 1.165) is 12.8 Å². The number of hydrogen-bond donors (Lipinski definition) is 1. The molecule has 1 aliphatic heterocycles. The third-order valence-corrected chi connectivity index (χ3v) is 6.93. The van der Waals surface area contributed by atoms with Gasteiger partial charge in [0.25, 0.3) is 11.6 Å². The third kappa shape index (κ3) is 4.63. The number of sulfonamides is 1. The van der Waals surface area contributed by atoms with Crippen molar-refractivity contribution in [2.24, 2.45) is 5.92 Å². The molecule has 1 saturated heterocycles. The van der Waals surface area contributed by atoms with Crippen LogP contribution in [0.4, 0.5) is 11.4 Å². The number of hydrogen-bond acceptors (Lipinski definition) is 5. The van der Waals surface area contributed by atoms with Crippen molar-refractivity contribution in [3.8, 4) is 0 Å². The average Bonchev–Trinajstić information content (AvgIpc) is 2.68. The Labute approximate surface area is 169 Å². The zero-order valence-corrected chi connectivity index (χ0v) is 17.1. The summed E-state index contributed by atoms with van der Waals surface area (Å²) in [5, 5.41) is 13.6. The Morgan fingerprint density at radius 1 is 1.21 bits per heavy atom. The molecule has 154 valence electrons. The molecule has 0 aliphatic carbocycles. The molecular formula is C20H23N3O5S. The number of anilines is 1. The topological polar surface area (TPSA) is 110 Å². The fraction of sp³-hybridized carbons (Fsp3) is 0.350. The molecule has 1 fully saturated rings. The number of rotatable bonds is 5. The second-order valence-corrected chi connectivity index (χ2v) is 9.28. The fourth-order valence-electron chi connectivity index (χ4n) is 3.39. The molecule has 0 aromatic heterocycles. The minimum absolute atomic E-state index is 0.169. The lowest BCUT2D eigenvalue weighted by Crippen LogP contribution is -2.39. The summed E-state index contributed by atoms with van der Waals surface area (Å²) in [5.41, 5.74) is 1.04. The van der Waals surface area contributed by atoms with Crippen LogP contribution in [-0.4, -0.2) is 36.6 Å². The lowest BCUT2D eigenvalue weighted by Gasteiger charge is -2.30. The van der Waals surface area contributed by atoms with E-state index in [1.54, 1.807) is 6.92 Å². The molecule has 3 rings (SSSR count). The Bertz CT molecular complexity index is 1030. The van der Waals surface area contributed by atoms with Crippen molar-refractivity contribution >= 4 is 27.3 Å². The zero-order chi connectivity index (χ0) is 21.2. The van der Waals surface area contributed by atoms with Gasteiger partial charge >= 0.3 is 0 Å². The summed E-state index contributed by atoms with van der Waals surface area (Å²) < 4.78 is 27.1. The van der Waals surface area contributed by atoms with E-state index >= 15 is 0 Å². The molecule has 1 aliphatic rings. The molecule has 2 aromatic rings. The largest absolute Gasteiger partial charge is 0.322 e. The normalized spacial score (nSPS) is 17.7. The Morgan fingerprint density at radius 3 is 2.52 bits per heavy atom. The molecular weight excluding hydrogens is 394 g/mol. The standard InChI is InChI=1S/C20H23N3O5S/c1-14-4-3-11-22(13-14)29(27,28)18-9-6-16(7-10-18)21-20(24)19-12-17(23(25)26)8-5-15(19)2/h5-10,12,14H,3-4,11,13H2,1-2H3,(H,21,24). The maximum atomic E-state index is 12.8. The monoisotopic (exact) mass is 417 g/mol. The van der Waals surface area contributed by atoms with Gasteiger partial charge in [0, 0.05) is 36.5 Å². The number of nitrogens with zero attached hydrogens (tertiary/aromatic N) is 2. The first-order chi connectivity index (χ1) is 13.7. The van der Waals surface area contributed by atoms with Gasteiger partial charge in [-0.3, -0.25) is 14.9 Å². The molecule has 1 N–H and O–H groups in total. The molecule has 1 heterocycles. The van der Waals surface area contributed by atoms with Gasteiger partial charge in [0.2, 0.25) is 10.0 Å². The smallest absolute Gasteiger partial charge is 0.270 e. The minimum Gasteiger partial charge on any atom is -0.322 e. The number of nitro groups is 1. The van der Waals surface area contributed by atoms with E-state index in [1.807, 2.05) is 6.92 Å². The van der Waals surface area contributed by atoms with Gasteiger partial charge in [0.1, 0.15) is 0 Å². The molecule has 0 saturated carbocycles. The van der Waals surface area contributed by atoms with Crippen LogP contribution < -0.4 is 5.32 Å². The summed E-state index contributed by atoms with van der Waals surface area (Å²) in [6.07, 6.45) is 1.87. The number of amides is 1. The molecule has 9 heteroatoms. The van der Waals surface area contributed by atoms with Gasteiger partial charge in [-0.1, -0.05) is 13.0 Å². The Kier molecular flexibility index (Phi) is 5.99. The van der Waals surface area contributed by atoms with Crippen molar-refractivity contribution in [2.75, 3.05) is 18.4 Å². The van der Waals surface area contributed by atoms with Crippen LogP contribution in [0.5, 0.6) is 0 Å². The van der Waals surface area contributed by atoms with Crippen LogP contribution in [0.2, 0.25) is 0 Å². The van der Waals surface area contributed by atoms with Crippen LogP contribution in [0.1, 0.15) is 35.7 Å². The second kappa shape index (κ2) is 8.30. The van der Waals surface area contributed by atoms with Gasteiger partial charge in [-0.2, -0.15) is 4.31 Å². The van der Waals surface area contributed by atoms with Gasteiger partial charge in [-0.05, 0) is 55.5 Å². The molecule has 8 nitrogen and oxygen atoms in total. The first-order valence-electron chi connectivity index (χ1n) is 9.35. The van der Waals surface area contributed by atoms with Gasteiger partial charge in [0.15, 0.2) is 0 Å². The van der Waals surface area contributed by atoms with Crippen LogP contribution in [0.3, 0.4) is 0 Å². The van der Waals surface area contributed by atoms with Crippen molar-refractivity contribution in [3.63, 3.8) is 0 Å². The minimum atomic E-state index is -3.57. The highest BCUT2D eigenvalue weighted by Crippen LogP contribution is 2.25. The fourth-order valence-corrected chi connectivity index (χ4v) is 4.99. The number of nitro benzene ring substituents is 1. The van der Waals surface area contributed by atoms with Crippen LogP contribution in [0, 0.1) is 23.0 Å². The van der Waals surface area contributed by atoms with Crippen molar-refractivity contribution in [1.29, 1.82) is 0 Å². The predicted molar refractivity (Wildman–Crippen MR) is 109 cm³/mol. The maximum absolute atomic E-state index is 12.8. The van der Waals surface area contributed by atoms with Crippen LogP contribution in [0.25, 0.3) is 0 Å². The van der Waals surface area contributed by atoms with Crippen molar-refractivity contribution < 1.29 is 18.1 Å². The lowest BCUT2D eigenvalue weighted by molar-refractivity contribution is -0.384. The van der Waals surface area contributed by atoms with Crippen LogP contribution in [0.15, 0.2) is 47.4 Å². The van der Waals surface area contributed by atoms with Crippen molar-refractivity contribution in [1.82, 2.24) is 4.31 Å². The molecule has 2 aromatic carbocycles. The Morgan fingerprint density at radius 2 is 1.90 bits per heavy atom. The van der Waals surface area contributed by atoms with Gasteiger partial charge < -0.3 is 5.32 Å². The Hall–Kier alpha value is -2.78. The molecule has 0 bridgehead atoms. The molecule has 1 unspecified atom stereocenters. The molecule has 1 atom stereocenters. The van der Waals surface area contributed by atoms with Crippen LogP contribution in [-0.2, 0) is 10.0 Å². The van der Waals surface area contributed by atoms with Gasteiger partial charge in [-0.25, -0.2) is 8.42 Å². The van der Waals surface area contributed by atoms with E-state index in [2.05, 4.69) is 5.32 Å². The highest BCUT2D eigenvalue weighted by Gasteiger charge is 2.28. The van der Waals surface area contributed by atoms with Gasteiger partial charge in [-0.15, -0.1) is 0 Å². The first-order valence-corrected chi connectivity index (χ1v) is 10.8. The highest BCUT2D eigenvalue weighted by atomic mass is 32.2. The molecule has 0 spiro atoms. The highest BCUT2D eigenvalue weighted by molar-refractivity contribution is 7.89. The predicted octanol–water partition coefficient (Wildman–Crippen LogP) is 3.58. The van der Waals surface area contributed by atoms with E-state index < -0.39 is 20.9 Å². The summed E-state index contributed by atoms with van der Waals surface area (Å²) in [5.74, 6) is -0.165. The molecule has 1 amide bonds. The number of nitrogens with one attached hydrogen (secondary N) is 1. The quantitative estimate of drug-likeness (QED) is 0.591. The second-order valence-electron chi connectivity index (χ2n) is 7.35.